The highest BCUT2D eigenvalue weighted by Crippen LogP contribution is 2.43. The average Bonchev–Trinajstić information content (AvgIpc) is 2.90. The smallest absolute Gasteiger partial charge is 0.276 e. The monoisotopic (exact) mass is 396 g/mol. The van der Waals surface area contributed by atoms with Gasteiger partial charge in [0.2, 0.25) is 5.12 Å². The molecule has 1 amide bonds. The number of ether oxygens (including phenoxy) is 1. The molecule has 0 fully saturated rings. The Morgan fingerprint density at radius 2 is 1.96 bits per heavy atom. The molecule has 0 spiro atoms. The standard InChI is InChI=1S/C19H25ClN2O3S/c1-3-4-5-6-11-19(2)16(12-18(24)26-19)25-13-17(23)22-21-15-9-7-14(20)8-10-15/h7-10,12,21H,3-6,11,13H2,1-2H3,(H,22,23). The van der Waals surface area contributed by atoms with Gasteiger partial charge in [0.05, 0.1) is 10.4 Å². The van der Waals surface area contributed by atoms with Gasteiger partial charge in [-0.25, -0.2) is 0 Å². The Morgan fingerprint density at radius 3 is 2.65 bits per heavy atom. The van der Waals surface area contributed by atoms with Gasteiger partial charge in [-0.2, -0.15) is 0 Å². The summed E-state index contributed by atoms with van der Waals surface area (Å²) in [5.74, 6) is 0.268. The zero-order valence-corrected chi connectivity index (χ0v) is 16.7. The summed E-state index contributed by atoms with van der Waals surface area (Å²) in [6.07, 6.45) is 6.90. The minimum atomic E-state index is -0.380. The van der Waals surface area contributed by atoms with Gasteiger partial charge in [0, 0.05) is 11.1 Å². The second-order valence-corrected chi connectivity index (χ2v) is 8.38. The van der Waals surface area contributed by atoms with Crippen molar-refractivity contribution in [2.45, 2.75) is 50.7 Å². The molecule has 0 bridgehead atoms. The number of unbranched alkanes of at least 4 members (excludes halogenated alkanes) is 3. The van der Waals surface area contributed by atoms with Crippen LogP contribution in [-0.4, -0.2) is 22.4 Å². The van der Waals surface area contributed by atoms with Gasteiger partial charge >= 0.3 is 0 Å². The summed E-state index contributed by atoms with van der Waals surface area (Å²) in [6, 6.07) is 6.96. The van der Waals surface area contributed by atoms with Gasteiger partial charge in [0.25, 0.3) is 5.91 Å². The number of nitrogens with one attached hydrogen (secondary N) is 2. The Morgan fingerprint density at radius 1 is 1.23 bits per heavy atom. The normalized spacial score (nSPS) is 19.2. The van der Waals surface area contributed by atoms with Gasteiger partial charge in [0.15, 0.2) is 6.61 Å². The van der Waals surface area contributed by atoms with E-state index >= 15 is 0 Å². The number of halogens is 1. The molecule has 0 aliphatic carbocycles. The molecule has 1 aromatic carbocycles. The zero-order valence-electron chi connectivity index (χ0n) is 15.1. The topological polar surface area (TPSA) is 67.4 Å². The van der Waals surface area contributed by atoms with E-state index in [1.165, 1.54) is 30.7 Å². The molecule has 1 heterocycles. The average molecular weight is 397 g/mol. The molecule has 1 atom stereocenters. The van der Waals surface area contributed by atoms with E-state index in [4.69, 9.17) is 16.3 Å². The first-order chi connectivity index (χ1) is 12.4. The summed E-state index contributed by atoms with van der Waals surface area (Å²) in [6.45, 7) is 4.02. The molecular weight excluding hydrogens is 372 g/mol. The highest BCUT2D eigenvalue weighted by Gasteiger charge is 2.39. The predicted octanol–water partition coefficient (Wildman–Crippen LogP) is 4.69. The third-order valence-electron chi connectivity index (χ3n) is 4.15. The molecule has 7 heteroatoms. The number of hydrogen-bond donors (Lipinski definition) is 2. The Kier molecular flexibility index (Phi) is 7.85. The molecule has 2 N–H and O–H groups in total. The summed E-state index contributed by atoms with van der Waals surface area (Å²) < 4.78 is 5.28. The second-order valence-electron chi connectivity index (χ2n) is 6.44. The fourth-order valence-electron chi connectivity index (χ4n) is 2.67. The molecule has 1 unspecified atom stereocenters. The number of thioether (sulfide) groups is 1. The van der Waals surface area contributed by atoms with Gasteiger partial charge in [-0.3, -0.25) is 20.4 Å². The van der Waals surface area contributed by atoms with Gasteiger partial charge < -0.3 is 4.74 Å². The minimum absolute atomic E-state index is 0.0160. The number of amides is 1. The van der Waals surface area contributed by atoms with E-state index in [0.717, 1.165) is 19.3 Å². The molecule has 142 valence electrons. The molecule has 1 aliphatic rings. The molecule has 5 nitrogen and oxygen atoms in total. The van der Waals surface area contributed by atoms with E-state index in [2.05, 4.69) is 17.8 Å². The van der Waals surface area contributed by atoms with Gasteiger partial charge in [-0.15, -0.1) is 0 Å². The maximum atomic E-state index is 12.0. The van der Waals surface area contributed by atoms with Crippen molar-refractivity contribution in [1.82, 2.24) is 5.43 Å². The summed E-state index contributed by atoms with van der Waals surface area (Å²) in [4.78, 5) is 23.8. The van der Waals surface area contributed by atoms with Gasteiger partial charge in [0.1, 0.15) is 5.76 Å². The van der Waals surface area contributed by atoms with Crippen LogP contribution in [0.5, 0.6) is 0 Å². The van der Waals surface area contributed by atoms with Crippen molar-refractivity contribution in [2.24, 2.45) is 0 Å². The number of carbonyl (C=O) groups excluding carboxylic acids is 2. The molecular formula is C19H25ClN2O3S. The van der Waals surface area contributed by atoms with E-state index < -0.39 is 0 Å². The van der Waals surface area contributed by atoms with Crippen LogP contribution >= 0.6 is 23.4 Å². The van der Waals surface area contributed by atoms with E-state index in [1.54, 1.807) is 24.3 Å². The molecule has 26 heavy (non-hydrogen) atoms. The Bertz CT molecular complexity index is 663. The first-order valence-corrected chi connectivity index (χ1v) is 10.0. The molecule has 0 saturated heterocycles. The molecule has 1 aliphatic heterocycles. The highest BCUT2D eigenvalue weighted by molar-refractivity contribution is 8.15. The lowest BCUT2D eigenvalue weighted by atomic mass is 9.99. The number of benzene rings is 1. The van der Waals surface area contributed by atoms with Crippen molar-refractivity contribution in [3.8, 4) is 0 Å². The highest BCUT2D eigenvalue weighted by atomic mass is 35.5. The van der Waals surface area contributed by atoms with Gasteiger partial charge in [-0.1, -0.05) is 56.0 Å². The second kappa shape index (κ2) is 9.88. The fourth-order valence-corrected chi connectivity index (χ4v) is 3.87. The molecule has 0 aromatic heterocycles. The van der Waals surface area contributed by atoms with E-state index in [0.29, 0.717) is 16.5 Å². The Balaban J connectivity index is 1.80. The van der Waals surface area contributed by atoms with Crippen molar-refractivity contribution in [3.05, 3.63) is 41.1 Å². The van der Waals surface area contributed by atoms with Crippen LogP contribution in [0.2, 0.25) is 5.02 Å². The van der Waals surface area contributed by atoms with E-state index in [1.807, 2.05) is 6.92 Å². The summed E-state index contributed by atoms with van der Waals surface area (Å²) in [5, 5.41) is 0.608. The third-order valence-corrected chi connectivity index (χ3v) is 5.58. The van der Waals surface area contributed by atoms with Crippen LogP contribution in [0.3, 0.4) is 0 Å². The quantitative estimate of drug-likeness (QED) is 0.443. The summed E-state index contributed by atoms with van der Waals surface area (Å²) >= 11 is 7.10. The minimum Gasteiger partial charge on any atom is -0.486 e. The maximum Gasteiger partial charge on any atom is 0.276 e. The predicted molar refractivity (Wildman–Crippen MR) is 107 cm³/mol. The van der Waals surface area contributed by atoms with Crippen molar-refractivity contribution in [3.63, 3.8) is 0 Å². The largest absolute Gasteiger partial charge is 0.486 e. The van der Waals surface area contributed by atoms with Crippen molar-refractivity contribution in [2.75, 3.05) is 12.0 Å². The van der Waals surface area contributed by atoms with E-state index in [-0.39, 0.29) is 22.4 Å². The molecule has 0 saturated carbocycles. The summed E-state index contributed by atoms with van der Waals surface area (Å²) in [7, 11) is 0. The number of carbonyl (C=O) groups is 2. The van der Waals surface area contributed by atoms with Gasteiger partial charge in [-0.05, 0) is 37.6 Å². The van der Waals surface area contributed by atoms with Crippen molar-refractivity contribution < 1.29 is 14.3 Å². The lowest BCUT2D eigenvalue weighted by Gasteiger charge is -2.26. The number of anilines is 1. The van der Waals surface area contributed by atoms with Crippen LogP contribution in [0.4, 0.5) is 5.69 Å². The van der Waals surface area contributed by atoms with Crippen LogP contribution in [0.1, 0.15) is 46.0 Å². The SMILES string of the molecule is CCCCCCC1(C)SC(=O)C=C1OCC(=O)NNc1ccc(Cl)cc1. The number of hydrogen-bond acceptors (Lipinski definition) is 5. The van der Waals surface area contributed by atoms with Crippen LogP contribution in [0.25, 0.3) is 0 Å². The van der Waals surface area contributed by atoms with Crippen molar-refractivity contribution in [1.29, 1.82) is 0 Å². The first kappa shape index (κ1) is 20.6. The van der Waals surface area contributed by atoms with Crippen LogP contribution in [0.15, 0.2) is 36.1 Å². The molecule has 1 aromatic rings. The zero-order chi connectivity index (χ0) is 19.0. The van der Waals surface area contributed by atoms with Crippen LogP contribution in [-0.2, 0) is 14.3 Å². The number of hydrazine groups is 1. The molecule has 2 rings (SSSR count). The third kappa shape index (κ3) is 6.25. The van der Waals surface area contributed by atoms with Crippen molar-refractivity contribution >= 4 is 40.1 Å². The van der Waals surface area contributed by atoms with Crippen LogP contribution < -0.4 is 10.9 Å². The fraction of sp³-hybridized carbons (Fsp3) is 0.474. The summed E-state index contributed by atoms with van der Waals surface area (Å²) in [5.41, 5.74) is 6.08. The molecule has 0 radical (unpaired) electrons. The maximum absolute atomic E-state index is 12.0. The Hall–Kier alpha value is -1.66. The Labute approximate surface area is 163 Å². The number of rotatable bonds is 10. The van der Waals surface area contributed by atoms with Crippen LogP contribution in [0, 0.1) is 0 Å². The van der Waals surface area contributed by atoms with E-state index in [9.17, 15) is 9.59 Å². The first-order valence-electron chi connectivity index (χ1n) is 8.81. The lowest BCUT2D eigenvalue weighted by molar-refractivity contribution is -0.124. The lowest BCUT2D eigenvalue weighted by Crippen LogP contribution is -2.33.